The fourth-order valence-corrected chi connectivity index (χ4v) is 1.53. The number of nitrogens with zero attached hydrogens (tertiary/aromatic N) is 2. The molecule has 1 heterocycles. The molecule has 7 heteroatoms. The molecule has 0 aliphatic heterocycles. The maximum Gasteiger partial charge on any atom is 0.228 e. The van der Waals surface area contributed by atoms with Gasteiger partial charge in [0.05, 0.1) is 11.8 Å². The van der Waals surface area contributed by atoms with Gasteiger partial charge in [0.2, 0.25) is 5.91 Å². The highest BCUT2D eigenvalue weighted by atomic mass is 16.4. The normalized spacial score (nSPS) is 16.9. The van der Waals surface area contributed by atoms with Gasteiger partial charge in [-0.3, -0.25) is 9.89 Å². The second kappa shape index (κ2) is 4.21. The fraction of sp³-hybridized carbons (Fsp3) is 0.444. The van der Waals surface area contributed by atoms with Gasteiger partial charge in [0.15, 0.2) is 5.84 Å². The molecule has 1 fully saturated rings. The molecule has 0 radical (unpaired) electrons. The maximum absolute atomic E-state index is 11.7. The Morgan fingerprint density at radius 3 is 3.00 bits per heavy atom. The van der Waals surface area contributed by atoms with E-state index in [0.29, 0.717) is 11.4 Å². The number of nitrogens with two attached hydrogens (primary N) is 1. The molecular weight excluding hydrogens is 210 g/mol. The Morgan fingerprint density at radius 2 is 2.44 bits per heavy atom. The van der Waals surface area contributed by atoms with E-state index in [1.54, 1.807) is 0 Å². The van der Waals surface area contributed by atoms with E-state index in [1.165, 1.54) is 6.20 Å². The number of amidine groups is 1. The standard InChI is InChI=1S/C9H13N5O2/c10-7(14-16)6-4-11-13-8(6)12-9(15)5-2-1-3-5/h4-5,16H,1-3H2,(H2,10,14)(H2,11,12,13,15). The van der Waals surface area contributed by atoms with E-state index in [4.69, 9.17) is 10.9 Å². The topological polar surface area (TPSA) is 116 Å². The van der Waals surface area contributed by atoms with Gasteiger partial charge < -0.3 is 16.3 Å². The van der Waals surface area contributed by atoms with Crippen molar-refractivity contribution in [3.05, 3.63) is 11.8 Å². The van der Waals surface area contributed by atoms with Crippen molar-refractivity contribution in [2.24, 2.45) is 16.8 Å². The number of oxime groups is 1. The first-order valence-corrected chi connectivity index (χ1v) is 5.04. The molecule has 0 atom stereocenters. The van der Waals surface area contributed by atoms with E-state index < -0.39 is 0 Å². The number of carbonyl (C=O) groups is 1. The largest absolute Gasteiger partial charge is 0.409 e. The maximum atomic E-state index is 11.7. The second-order valence-electron chi connectivity index (χ2n) is 3.76. The Kier molecular flexibility index (Phi) is 2.76. The minimum Gasteiger partial charge on any atom is -0.409 e. The van der Waals surface area contributed by atoms with Gasteiger partial charge in [0.1, 0.15) is 5.82 Å². The van der Waals surface area contributed by atoms with Crippen LogP contribution in [0.3, 0.4) is 0 Å². The molecule has 5 N–H and O–H groups in total. The molecule has 1 aliphatic rings. The molecule has 1 saturated carbocycles. The van der Waals surface area contributed by atoms with Crippen LogP contribution in [0.1, 0.15) is 24.8 Å². The molecule has 0 spiro atoms. The van der Waals surface area contributed by atoms with Gasteiger partial charge in [0.25, 0.3) is 0 Å². The van der Waals surface area contributed by atoms with Crippen molar-refractivity contribution < 1.29 is 10.0 Å². The van der Waals surface area contributed by atoms with Crippen LogP contribution in [0.25, 0.3) is 0 Å². The highest BCUT2D eigenvalue weighted by Crippen LogP contribution is 2.27. The molecule has 0 bridgehead atoms. The van der Waals surface area contributed by atoms with Gasteiger partial charge in [-0.1, -0.05) is 11.6 Å². The van der Waals surface area contributed by atoms with Crippen LogP contribution in [-0.4, -0.2) is 27.1 Å². The number of hydrogen-bond donors (Lipinski definition) is 4. The predicted octanol–water partition coefficient (Wildman–Crippen LogP) is 0.243. The lowest BCUT2D eigenvalue weighted by Gasteiger charge is -2.23. The summed E-state index contributed by atoms with van der Waals surface area (Å²) in [5.74, 6) is 0.302. The Balaban J connectivity index is 2.09. The summed E-state index contributed by atoms with van der Waals surface area (Å²) >= 11 is 0. The summed E-state index contributed by atoms with van der Waals surface area (Å²) < 4.78 is 0. The summed E-state index contributed by atoms with van der Waals surface area (Å²) in [6.45, 7) is 0. The summed E-state index contributed by atoms with van der Waals surface area (Å²) in [5, 5.41) is 20.4. The molecular formula is C9H13N5O2. The Bertz CT molecular complexity index is 421. The minimum atomic E-state index is -0.0855. The Hall–Kier alpha value is -2.05. The van der Waals surface area contributed by atoms with E-state index in [2.05, 4.69) is 20.7 Å². The summed E-state index contributed by atoms with van der Waals surface area (Å²) in [6.07, 6.45) is 4.32. The van der Waals surface area contributed by atoms with Gasteiger partial charge in [-0.15, -0.1) is 0 Å². The van der Waals surface area contributed by atoms with Crippen LogP contribution < -0.4 is 11.1 Å². The highest BCUT2D eigenvalue weighted by Gasteiger charge is 2.26. The van der Waals surface area contributed by atoms with Gasteiger partial charge in [-0.25, -0.2) is 0 Å². The third-order valence-electron chi connectivity index (χ3n) is 2.75. The van der Waals surface area contributed by atoms with Gasteiger partial charge in [-0.05, 0) is 12.8 Å². The predicted molar refractivity (Wildman–Crippen MR) is 57.1 cm³/mol. The molecule has 0 saturated heterocycles. The third-order valence-corrected chi connectivity index (χ3v) is 2.75. The summed E-state index contributed by atoms with van der Waals surface area (Å²) in [6, 6.07) is 0. The molecule has 86 valence electrons. The van der Waals surface area contributed by atoms with Gasteiger partial charge >= 0.3 is 0 Å². The number of H-pyrrole nitrogens is 1. The number of amides is 1. The number of nitrogens with one attached hydrogen (secondary N) is 2. The van der Waals surface area contributed by atoms with Gasteiger partial charge in [-0.2, -0.15) is 5.10 Å². The second-order valence-corrected chi connectivity index (χ2v) is 3.76. The average molecular weight is 223 g/mol. The molecule has 0 unspecified atom stereocenters. The number of rotatable bonds is 3. The first kappa shape index (κ1) is 10.5. The lowest BCUT2D eigenvalue weighted by atomic mass is 9.85. The molecule has 7 nitrogen and oxygen atoms in total. The zero-order valence-electron chi connectivity index (χ0n) is 8.60. The molecule has 1 aliphatic carbocycles. The van der Waals surface area contributed by atoms with E-state index in [-0.39, 0.29) is 17.7 Å². The van der Waals surface area contributed by atoms with E-state index in [0.717, 1.165) is 19.3 Å². The minimum absolute atomic E-state index is 0.0533. The molecule has 0 aromatic carbocycles. The van der Waals surface area contributed by atoms with Crippen molar-refractivity contribution in [2.75, 3.05) is 5.32 Å². The summed E-state index contributed by atoms with van der Waals surface area (Å²) in [5.41, 5.74) is 5.81. The lowest BCUT2D eigenvalue weighted by Crippen LogP contribution is -2.29. The first-order chi connectivity index (χ1) is 7.72. The number of anilines is 1. The van der Waals surface area contributed by atoms with Crippen LogP contribution >= 0.6 is 0 Å². The first-order valence-electron chi connectivity index (χ1n) is 5.04. The van der Waals surface area contributed by atoms with Crippen LogP contribution in [0.2, 0.25) is 0 Å². The zero-order valence-corrected chi connectivity index (χ0v) is 8.60. The average Bonchev–Trinajstić information content (AvgIpc) is 2.62. The fourth-order valence-electron chi connectivity index (χ4n) is 1.53. The van der Waals surface area contributed by atoms with Crippen molar-refractivity contribution in [1.82, 2.24) is 10.2 Å². The quantitative estimate of drug-likeness (QED) is 0.254. The SMILES string of the molecule is NC(=NO)c1cn[nH]c1NC(=O)C1CCC1. The lowest BCUT2D eigenvalue weighted by molar-refractivity contribution is -0.122. The van der Waals surface area contributed by atoms with Gasteiger partial charge in [0, 0.05) is 5.92 Å². The summed E-state index contributed by atoms with van der Waals surface area (Å²) in [7, 11) is 0. The van der Waals surface area contributed by atoms with Crippen molar-refractivity contribution in [3.8, 4) is 0 Å². The van der Waals surface area contributed by atoms with E-state index in [9.17, 15) is 4.79 Å². The summed E-state index contributed by atoms with van der Waals surface area (Å²) in [4.78, 5) is 11.7. The van der Waals surface area contributed by atoms with Crippen LogP contribution in [0.4, 0.5) is 5.82 Å². The smallest absolute Gasteiger partial charge is 0.228 e. The van der Waals surface area contributed by atoms with Crippen LogP contribution in [0.5, 0.6) is 0 Å². The molecule has 16 heavy (non-hydrogen) atoms. The van der Waals surface area contributed by atoms with E-state index >= 15 is 0 Å². The zero-order chi connectivity index (χ0) is 11.5. The number of aromatic amines is 1. The molecule has 1 aromatic rings. The highest BCUT2D eigenvalue weighted by molar-refractivity contribution is 6.04. The number of aromatic nitrogens is 2. The number of carbonyl (C=O) groups excluding carboxylic acids is 1. The van der Waals surface area contributed by atoms with Crippen molar-refractivity contribution in [1.29, 1.82) is 0 Å². The van der Waals surface area contributed by atoms with Crippen molar-refractivity contribution in [2.45, 2.75) is 19.3 Å². The Labute approximate surface area is 91.7 Å². The molecule has 1 amide bonds. The van der Waals surface area contributed by atoms with E-state index in [1.807, 2.05) is 0 Å². The van der Waals surface area contributed by atoms with Crippen LogP contribution in [0, 0.1) is 5.92 Å². The molecule has 2 rings (SSSR count). The monoisotopic (exact) mass is 223 g/mol. The van der Waals surface area contributed by atoms with Crippen LogP contribution in [-0.2, 0) is 4.79 Å². The Morgan fingerprint density at radius 1 is 1.69 bits per heavy atom. The third kappa shape index (κ3) is 1.83. The van der Waals surface area contributed by atoms with Crippen LogP contribution in [0.15, 0.2) is 11.4 Å². The number of hydrogen-bond acceptors (Lipinski definition) is 4. The van der Waals surface area contributed by atoms with Crippen molar-refractivity contribution in [3.63, 3.8) is 0 Å². The molecule has 1 aromatic heterocycles. The van der Waals surface area contributed by atoms with Crippen molar-refractivity contribution >= 4 is 17.6 Å².